The lowest BCUT2D eigenvalue weighted by atomic mass is 9.85. The number of nitriles is 1. The first kappa shape index (κ1) is 17.7. The third kappa shape index (κ3) is 3.35. The number of carbonyl (C=O) groups excluding carboxylic acids is 1. The van der Waals surface area contributed by atoms with Gasteiger partial charge in [-0.1, -0.05) is 0 Å². The summed E-state index contributed by atoms with van der Waals surface area (Å²) in [6, 6.07) is 4.60. The van der Waals surface area contributed by atoms with Gasteiger partial charge in [-0.15, -0.1) is 11.3 Å². The number of nitrogens with one attached hydrogen (secondary N) is 1. The van der Waals surface area contributed by atoms with Crippen molar-refractivity contribution in [3.8, 4) is 6.07 Å². The Kier molecular flexibility index (Phi) is 4.94. The molecule has 0 unspecified atom stereocenters. The summed E-state index contributed by atoms with van der Waals surface area (Å²) in [7, 11) is 1.38. The molecule has 0 aromatic carbocycles. The third-order valence-electron chi connectivity index (χ3n) is 5.34. The molecule has 1 amide bonds. The molecule has 140 valence electrons. The number of methoxy groups -OCH3 is 1. The van der Waals surface area contributed by atoms with Crippen molar-refractivity contribution in [1.82, 2.24) is 19.9 Å². The summed E-state index contributed by atoms with van der Waals surface area (Å²) in [6.07, 6.45) is 5.80. The molecule has 1 saturated carbocycles. The Morgan fingerprint density at radius 3 is 2.96 bits per heavy atom. The first-order valence-electron chi connectivity index (χ1n) is 9.13. The molecule has 3 heterocycles. The van der Waals surface area contributed by atoms with Crippen molar-refractivity contribution >= 4 is 38.7 Å². The van der Waals surface area contributed by atoms with Crippen molar-refractivity contribution in [1.29, 1.82) is 5.26 Å². The SMILES string of the molecule is COC(=O)NCC1CCC(n2c(CC#N)nc3cnc4ccsc4c32)CC1. The molecule has 0 saturated heterocycles. The Labute approximate surface area is 161 Å². The molecule has 0 aliphatic heterocycles. The van der Waals surface area contributed by atoms with Gasteiger partial charge in [0.05, 0.1) is 41.5 Å². The van der Waals surface area contributed by atoms with Crippen molar-refractivity contribution in [3.05, 3.63) is 23.5 Å². The number of carbonyl (C=O) groups is 1. The maximum absolute atomic E-state index is 11.3. The second kappa shape index (κ2) is 7.53. The minimum absolute atomic E-state index is 0.297. The summed E-state index contributed by atoms with van der Waals surface area (Å²) >= 11 is 1.67. The number of fused-ring (bicyclic) bond motifs is 3. The Hall–Kier alpha value is -2.66. The van der Waals surface area contributed by atoms with Crippen molar-refractivity contribution in [2.45, 2.75) is 38.1 Å². The Morgan fingerprint density at radius 1 is 1.41 bits per heavy atom. The molecule has 7 nitrogen and oxygen atoms in total. The van der Waals surface area contributed by atoms with Gasteiger partial charge < -0.3 is 14.6 Å². The highest BCUT2D eigenvalue weighted by molar-refractivity contribution is 7.18. The molecule has 1 aliphatic carbocycles. The van der Waals surface area contributed by atoms with Crippen LogP contribution < -0.4 is 5.32 Å². The second-order valence-corrected chi connectivity index (χ2v) is 7.82. The normalized spacial score (nSPS) is 19.9. The van der Waals surface area contributed by atoms with E-state index < -0.39 is 0 Å². The predicted molar refractivity (Wildman–Crippen MR) is 104 cm³/mol. The van der Waals surface area contributed by atoms with E-state index >= 15 is 0 Å². The monoisotopic (exact) mass is 383 g/mol. The molecule has 4 rings (SSSR count). The molecule has 0 bridgehead atoms. The van der Waals surface area contributed by atoms with E-state index in [1.165, 1.54) is 7.11 Å². The maximum atomic E-state index is 11.3. The minimum atomic E-state index is -0.373. The van der Waals surface area contributed by atoms with Gasteiger partial charge in [0.15, 0.2) is 0 Å². The number of ether oxygens (including phenoxy) is 1. The van der Waals surface area contributed by atoms with Crippen molar-refractivity contribution in [3.63, 3.8) is 0 Å². The number of pyridine rings is 1. The number of nitrogens with zero attached hydrogens (tertiary/aromatic N) is 4. The van der Waals surface area contributed by atoms with Crippen molar-refractivity contribution in [2.24, 2.45) is 5.92 Å². The molecule has 3 aromatic heterocycles. The highest BCUT2D eigenvalue weighted by Crippen LogP contribution is 2.38. The van der Waals surface area contributed by atoms with E-state index in [0.29, 0.717) is 24.9 Å². The van der Waals surface area contributed by atoms with E-state index in [4.69, 9.17) is 4.98 Å². The van der Waals surface area contributed by atoms with Gasteiger partial charge in [-0.2, -0.15) is 5.26 Å². The molecule has 1 N–H and O–H groups in total. The molecular weight excluding hydrogens is 362 g/mol. The van der Waals surface area contributed by atoms with E-state index in [0.717, 1.165) is 52.8 Å². The van der Waals surface area contributed by atoms with Crippen LogP contribution in [0.5, 0.6) is 0 Å². The highest BCUT2D eigenvalue weighted by atomic mass is 32.1. The summed E-state index contributed by atoms with van der Waals surface area (Å²) in [5.74, 6) is 1.28. The largest absolute Gasteiger partial charge is 0.453 e. The number of rotatable bonds is 4. The third-order valence-corrected chi connectivity index (χ3v) is 6.25. The number of imidazole rings is 1. The van der Waals surface area contributed by atoms with Gasteiger partial charge in [-0.3, -0.25) is 4.98 Å². The molecule has 8 heteroatoms. The van der Waals surface area contributed by atoms with Crippen LogP contribution in [-0.4, -0.2) is 34.3 Å². The first-order chi connectivity index (χ1) is 13.2. The average Bonchev–Trinajstić information content (AvgIpc) is 3.30. The molecule has 0 atom stereocenters. The lowest BCUT2D eigenvalue weighted by molar-refractivity contribution is 0.166. The number of aromatic nitrogens is 3. The van der Waals surface area contributed by atoms with Crippen LogP contribution in [0, 0.1) is 17.2 Å². The van der Waals surface area contributed by atoms with Crippen LogP contribution in [0.25, 0.3) is 21.3 Å². The van der Waals surface area contributed by atoms with Crippen LogP contribution in [0.4, 0.5) is 4.79 Å². The summed E-state index contributed by atoms with van der Waals surface area (Å²) in [5, 5.41) is 14.1. The highest BCUT2D eigenvalue weighted by Gasteiger charge is 2.27. The van der Waals surface area contributed by atoms with Gasteiger partial charge >= 0.3 is 6.09 Å². The smallest absolute Gasteiger partial charge is 0.406 e. The van der Waals surface area contributed by atoms with Gasteiger partial charge in [0, 0.05) is 12.6 Å². The predicted octanol–water partition coefficient (Wildman–Crippen LogP) is 3.80. The Morgan fingerprint density at radius 2 is 2.22 bits per heavy atom. The lowest BCUT2D eigenvalue weighted by Crippen LogP contribution is -2.31. The molecule has 1 aliphatic rings. The standard InChI is InChI=1S/C19H21N5O2S/c1-26-19(25)22-10-12-2-4-13(5-3-12)24-16(6-8-20)23-15-11-21-14-7-9-27-18(14)17(15)24/h7,9,11-13H,2-6,10H2,1H3,(H,22,25). The van der Waals surface area contributed by atoms with Crippen LogP contribution in [0.1, 0.15) is 37.5 Å². The number of alkyl carbamates (subject to hydrolysis) is 1. The van der Waals surface area contributed by atoms with E-state index in [9.17, 15) is 10.1 Å². The fourth-order valence-electron chi connectivity index (χ4n) is 4.02. The summed E-state index contributed by atoms with van der Waals surface area (Å²) in [6.45, 7) is 0.647. The van der Waals surface area contributed by atoms with Crippen LogP contribution in [0.2, 0.25) is 0 Å². The number of thiophene rings is 1. The molecule has 0 radical (unpaired) electrons. The average molecular weight is 383 g/mol. The quantitative estimate of drug-likeness (QED) is 0.740. The van der Waals surface area contributed by atoms with Gasteiger partial charge in [-0.05, 0) is 43.0 Å². The van der Waals surface area contributed by atoms with Crippen LogP contribution in [0.3, 0.4) is 0 Å². The van der Waals surface area contributed by atoms with Crippen LogP contribution in [-0.2, 0) is 11.2 Å². The number of hydrogen-bond donors (Lipinski definition) is 1. The molecular formula is C19H21N5O2S. The maximum Gasteiger partial charge on any atom is 0.406 e. The van der Waals surface area contributed by atoms with Gasteiger partial charge in [0.1, 0.15) is 11.3 Å². The number of amides is 1. The van der Waals surface area contributed by atoms with E-state index in [-0.39, 0.29) is 6.09 Å². The molecule has 1 fully saturated rings. The fourth-order valence-corrected chi connectivity index (χ4v) is 4.91. The minimum Gasteiger partial charge on any atom is -0.453 e. The van der Waals surface area contributed by atoms with Gasteiger partial charge in [-0.25, -0.2) is 9.78 Å². The molecule has 0 spiro atoms. The second-order valence-electron chi connectivity index (χ2n) is 6.91. The van der Waals surface area contributed by atoms with Crippen molar-refractivity contribution < 1.29 is 9.53 Å². The fraction of sp³-hybridized carbons (Fsp3) is 0.474. The summed E-state index contributed by atoms with van der Waals surface area (Å²) in [4.78, 5) is 20.5. The summed E-state index contributed by atoms with van der Waals surface area (Å²) < 4.78 is 8.07. The van der Waals surface area contributed by atoms with Gasteiger partial charge in [0.25, 0.3) is 0 Å². The molecule has 27 heavy (non-hydrogen) atoms. The van der Waals surface area contributed by atoms with E-state index in [2.05, 4.69) is 25.7 Å². The van der Waals surface area contributed by atoms with Crippen molar-refractivity contribution in [2.75, 3.05) is 13.7 Å². The lowest BCUT2D eigenvalue weighted by Gasteiger charge is -2.30. The zero-order chi connectivity index (χ0) is 18.8. The molecule has 3 aromatic rings. The van der Waals surface area contributed by atoms with E-state index in [1.54, 1.807) is 11.3 Å². The van der Waals surface area contributed by atoms with Crippen LogP contribution >= 0.6 is 11.3 Å². The first-order valence-corrected chi connectivity index (χ1v) is 10.0. The van der Waals surface area contributed by atoms with E-state index in [1.807, 2.05) is 17.6 Å². The zero-order valence-corrected chi connectivity index (χ0v) is 16.0. The Bertz CT molecular complexity index is 1010. The summed E-state index contributed by atoms with van der Waals surface area (Å²) in [5.41, 5.74) is 2.95. The Balaban J connectivity index is 1.61. The topological polar surface area (TPSA) is 92.8 Å². The van der Waals surface area contributed by atoms with Crippen LogP contribution in [0.15, 0.2) is 17.6 Å². The van der Waals surface area contributed by atoms with Gasteiger partial charge in [0.2, 0.25) is 0 Å². The number of hydrogen-bond acceptors (Lipinski definition) is 6. The zero-order valence-electron chi connectivity index (χ0n) is 15.1.